The number of sulfonamides is 1. The number of hydrogen-bond acceptors (Lipinski definition) is 3. The summed E-state index contributed by atoms with van der Waals surface area (Å²) >= 11 is 5.63. The summed E-state index contributed by atoms with van der Waals surface area (Å²) in [5.41, 5.74) is 7.34. The van der Waals surface area contributed by atoms with Crippen molar-refractivity contribution in [3.8, 4) is 0 Å². The minimum absolute atomic E-state index is 0.0834. The predicted octanol–water partition coefficient (Wildman–Crippen LogP) is 3.48. The Bertz CT molecular complexity index is 807. The van der Waals surface area contributed by atoms with Crippen molar-refractivity contribution in [2.45, 2.75) is 18.7 Å². The first-order valence-corrected chi connectivity index (χ1v) is 7.91. The lowest BCUT2D eigenvalue weighted by molar-refractivity contribution is 0.599. The molecular formula is C14H14ClFN2O2S. The van der Waals surface area contributed by atoms with Crippen LogP contribution < -0.4 is 10.5 Å². The number of rotatable bonds is 3. The van der Waals surface area contributed by atoms with Gasteiger partial charge in [-0.3, -0.25) is 4.72 Å². The number of nitrogen functional groups attached to an aromatic ring is 1. The first-order valence-electron chi connectivity index (χ1n) is 6.05. The lowest BCUT2D eigenvalue weighted by atomic mass is 10.1. The van der Waals surface area contributed by atoms with E-state index >= 15 is 0 Å². The number of halogens is 2. The third kappa shape index (κ3) is 3.28. The summed E-state index contributed by atoms with van der Waals surface area (Å²) in [6.45, 7) is 3.60. The Morgan fingerprint density at radius 2 is 1.76 bits per heavy atom. The van der Waals surface area contributed by atoms with Gasteiger partial charge in [-0.15, -0.1) is 0 Å². The molecule has 0 saturated heterocycles. The van der Waals surface area contributed by atoms with Gasteiger partial charge in [-0.2, -0.15) is 0 Å². The fourth-order valence-corrected chi connectivity index (χ4v) is 3.24. The molecule has 0 fully saturated rings. The molecule has 0 atom stereocenters. The molecule has 112 valence electrons. The topological polar surface area (TPSA) is 72.2 Å². The highest BCUT2D eigenvalue weighted by Crippen LogP contribution is 2.26. The summed E-state index contributed by atoms with van der Waals surface area (Å²) in [6.07, 6.45) is 0. The van der Waals surface area contributed by atoms with Crippen LogP contribution in [0.1, 0.15) is 11.1 Å². The number of nitrogens with two attached hydrogens (primary N) is 1. The Labute approximate surface area is 127 Å². The van der Waals surface area contributed by atoms with Crippen molar-refractivity contribution >= 4 is 33.0 Å². The standard InChI is InChI=1S/C14H14ClFN2O2S/c1-8-5-12(17)14(6-9(8)2)21(19,20)18-13-4-3-10(15)7-11(13)16/h3-7,18H,17H2,1-2H3. The second-order valence-corrected chi connectivity index (χ2v) is 6.79. The van der Waals surface area contributed by atoms with Gasteiger partial charge in [0.05, 0.1) is 11.4 Å². The first-order chi connectivity index (χ1) is 9.70. The third-order valence-corrected chi connectivity index (χ3v) is 4.75. The average Bonchev–Trinajstić information content (AvgIpc) is 2.37. The highest BCUT2D eigenvalue weighted by atomic mass is 35.5. The van der Waals surface area contributed by atoms with Gasteiger partial charge in [0.25, 0.3) is 10.0 Å². The summed E-state index contributed by atoms with van der Waals surface area (Å²) in [5, 5.41) is 0.182. The van der Waals surface area contributed by atoms with Gasteiger partial charge in [0.2, 0.25) is 0 Å². The Hall–Kier alpha value is -1.79. The second kappa shape index (κ2) is 5.54. The van der Waals surface area contributed by atoms with Crippen molar-refractivity contribution in [1.29, 1.82) is 0 Å². The maximum Gasteiger partial charge on any atom is 0.264 e. The molecule has 0 unspecified atom stereocenters. The number of anilines is 2. The Kier molecular flexibility index (Phi) is 4.11. The van der Waals surface area contributed by atoms with Gasteiger partial charge >= 0.3 is 0 Å². The Morgan fingerprint density at radius 3 is 2.38 bits per heavy atom. The fraction of sp³-hybridized carbons (Fsp3) is 0.143. The van der Waals surface area contributed by atoms with E-state index < -0.39 is 15.8 Å². The number of hydrogen-bond donors (Lipinski definition) is 2. The molecule has 21 heavy (non-hydrogen) atoms. The van der Waals surface area contributed by atoms with Crippen molar-refractivity contribution in [2.75, 3.05) is 10.5 Å². The van der Waals surface area contributed by atoms with E-state index in [9.17, 15) is 12.8 Å². The minimum atomic E-state index is -3.98. The summed E-state index contributed by atoms with van der Waals surface area (Å²) in [6, 6.07) is 6.71. The molecule has 2 rings (SSSR count). The molecule has 0 aliphatic heterocycles. The predicted molar refractivity (Wildman–Crippen MR) is 82.5 cm³/mol. The second-order valence-electron chi connectivity index (χ2n) is 4.70. The monoisotopic (exact) mass is 328 g/mol. The van der Waals surface area contributed by atoms with E-state index in [0.29, 0.717) is 0 Å². The molecule has 0 saturated carbocycles. The highest BCUT2D eigenvalue weighted by Gasteiger charge is 2.20. The van der Waals surface area contributed by atoms with Gasteiger partial charge in [0.15, 0.2) is 0 Å². The molecule has 0 bridgehead atoms. The van der Waals surface area contributed by atoms with E-state index in [2.05, 4.69) is 4.72 Å². The van der Waals surface area contributed by atoms with Crippen LogP contribution in [0, 0.1) is 19.7 Å². The molecule has 0 spiro atoms. The Balaban J connectivity index is 2.46. The van der Waals surface area contributed by atoms with Crippen molar-refractivity contribution < 1.29 is 12.8 Å². The lowest BCUT2D eigenvalue weighted by Crippen LogP contribution is -2.16. The fourth-order valence-electron chi connectivity index (χ4n) is 1.82. The quantitative estimate of drug-likeness (QED) is 0.847. The molecule has 7 heteroatoms. The van der Waals surface area contributed by atoms with Crippen molar-refractivity contribution in [2.24, 2.45) is 0 Å². The van der Waals surface area contributed by atoms with Crippen LogP contribution in [-0.4, -0.2) is 8.42 Å². The highest BCUT2D eigenvalue weighted by molar-refractivity contribution is 7.92. The van der Waals surface area contributed by atoms with Crippen LogP contribution in [0.25, 0.3) is 0 Å². The van der Waals surface area contributed by atoms with Gasteiger partial charge in [-0.1, -0.05) is 11.6 Å². The van der Waals surface area contributed by atoms with E-state index in [1.54, 1.807) is 13.0 Å². The molecule has 2 aromatic carbocycles. The van der Waals surface area contributed by atoms with Crippen LogP contribution in [0.2, 0.25) is 5.02 Å². The molecule has 4 nitrogen and oxygen atoms in total. The zero-order valence-electron chi connectivity index (χ0n) is 11.4. The van der Waals surface area contributed by atoms with E-state index in [1.165, 1.54) is 18.2 Å². The summed E-state index contributed by atoms with van der Waals surface area (Å²) < 4.78 is 40.5. The first kappa shape index (κ1) is 15.6. The lowest BCUT2D eigenvalue weighted by Gasteiger charge is -2.13. The van der Waals surface area contributed by atoms with E-state index in [-0.39, 0.29) is 21.3 Å². The molecule has 0 aliphatic rings. The molecule has 0 aromatic heterocycles. The van der Waals surface area contributed by atoms with E-state index in [1.807, 2.05) is 6.92 Å². The van der Waals surface area contributed by atoms with Crippen molar-refractivity contribution in [1.82, 2.24) is 0 Å². The van der Waals surface area contributed by atoms with Crippen LogP contribution >= 0.6 is 11.6 Å². The average molecular weight is 329 g/mol. The van der Waals surface area contributed by atoms with Crippen molar-refractivity contribution in [3.63, 3.8) is 0 Å². The summed E-state index contributed by atoms with van der Waals surface area (Å²) in [7, 11) is -3.98. The van der Waals surface area contributed by atoms with Crippen LogP contribution in [0.3, 0.4) is 0 Å². The molecule has 0 heterocycles. The zero-order valence-corrected chi connectivity index (χ0v) is 13.0. The molecule has 0 aliphatic carbocycles. The molecule has 0 radical (unpaired) electrons. The normalized spacial score (nSPS) is 11.4. The van der Waals surface area contributed by atoms with Gasteiger partial charge < -0.3 is 5.73 Å². The number of nitrogens with one attached hydrogen (secondary N) is 1. The maximum absolute atomic E-state index is 13.7. The Morgan fingerprint density at radius 1 is 1.14 bits per heavy atom. The SMILES string of the molecule is Cc1cc(N)c(S(=O)(=O)Nc2ccc(Cl)cc2F)cc1C. The van der Waals surface area contributed by atoms with Gasteiger partial charge in [0.1, 0.15) is 10.7 Å². The molecule has 0 amide bonds. The number of benzene rings is 2. The smallest absolute Gasteiger partial charge is 0.264 e. The summed E-state index contributed by atoms with van der Waals surface area (Å²) in [5.74, 6) is -0.756. The zero-order chi connectivity index (χ0) is 15.8. The largest absolute Gasteiger partial charge is 0.398 e. The number of aryl methyl sites for hydroxylation is 2. The van der Waals surface area contributed by atoms with Crippen LogP contribution in [0.15, 0.2) is 35.2 Å². The van der Waals surface area contributed by atoms with Gasteiger partial charge in [-0.25, -0.2) is 12.8 Å². The molecule has 3 N–H and O–H groups in total. The van der Waals surface area contributed by atoms with Gasteiger partial charge in [0, 0.05) is 5.02 Å². The maximum atomic E-state index is 13.7. The van der Waals surface area contributed by atoms with Crippen LogP contribution in [0.5, 0.6) is 0 Å². The van der Waals surface area contributed by atoms with Gasteiger partial charge in [-0.05, 0) is 55.3 Å². The van der Waals surface area contributed by atoms with Crippen LogP contribution in [0.4, 0.5) is 15.8 Å². The van der Waals surface area contributed by atoms with Crippen molar-refractivity contribution in [3.05, 3.63) is 52.3 Å². The van der Waals surface area contributed by atoms with E-state index in [4.69, 9.17) is 17.3 Å². The van der Waals surface area contributed by atoms with E-state index in [0.717, 1.165) is 17.2 Å². The van der Waals surface area contributed by atoms with Crippen LogP contribution in [-0.2, 0) is 10.0 Å². The minimum Gasteiger partial charge on any atom is -0.398 e. The molecular weight excluding hydrogens is 315 g/mol. The summed E-state index contributed by atoms with van der Waals surface area (Å²) in [4.78, 5) is -0.0834. The molecule has 2 aromatic rings. The third-order valence-electron chi connectivity index (χ3n) is 3.09.